The van der Waals surface area contributed by atoms with Crippen molar-refractivity contribution < 1.29 is 43.6 Å². The highest BCUT2D eigenvalue weighted by Crippen LogP contribution is 2.67. The third-order valence-electron chi connectivity index (χ3n) is 10.0. The number of ether oxygens (including phenoxy) is 3. The Morgan fingerprint density at radius 3 is 2.56 bits per heavy atom. The van der Waals surface area contributed by atoms with Crippen molar-refractivity contribution in [3.8, 4) is 0 Å². The zero-order valence-electron chi connectivity index (χ0n) is 23.2. The maximum atomic E-state index is 13.3. The molecule has 0 aromatic rings. The van der Waals surface area contributed by atoms with E-state index in [2.05, 4.69) is 12.2 Å². The molecule has 3 N–H and O–H groups in total. The van der Waals surface area contributed by atoms with E-state index in [0.717, 1.165) is 18.4 Å². The van der Waals surface area contributed by atoms with Crippen LogP contribution in [0.4, 0.5) is 0 Å². The smallest absolute Gasteiger partial charge is 0.306 e. The second-order valence-electron chi connectivity index (χ2n) is 11.9. The lowest BCUT2D eigenvalue weighted by molar-refractivity contribution is -0.181. The first-order valence-corrected chi connectivity index (χ1v) is 13.8. The molecule has 1 amide bonds. The summed E-state index contributed by atoms with van der Waals surface area (Å²) in [6.45, 7) is 3.48. The van der Waals surface area contributed by atoms with Crippen LogP contribution in [-0.2, 0) is 33.4 Å². The summed E-state index contributed by atoms with van der Waals surface area (Å²) in [7, 11) is 2.89. The molecule has 0 aromatic carbocycles. The molecule has 0 aromatic heterocycles. The summed E-state index contributed by atoms with van der Waals surface area (Å²) >= 11 is 0. The lowest BCUT2D eigenvalue weighted by Crippen LogP contribution is -2.61. The molecular formula is C29H41NO9. The van der Waals surface area contributed by atoms with E-state index >= 15 is 0 Å². The van der Waals surface area contributed by atoms with E-state index in [-0.39, 0.29) is 61.7 Å². The number of nitrogens with one attached hydrogen (secondary N) is 1. The zero-order chi connectivity index (χ0) is 28.6. The van der Waals surface area contributed by atoms with Gasteiger partial charge in [-0.2, -0.15) is 0 Å². The van der Waals surface area contributed by atoms with Crippen LogP contribution in [-0.4, -0.2) is 79.0 Å². The largest absolute Gasteiger partial charge is 0.458 e. The van der Waals surface area contributed by atoms with Gasteiger partial charge in [-0.05, 0) is 56.1 Å². The monoisotopic (exact) mass is 547 g/mol. The quantitative estimate of drug-likeness (QED) is 0.274. The Labute approximate surface area is 229 Å². The fourth-order valence-corrected chi connectivity index (χ4v) is 7.89. The molecule has 3 saturated carbocycles. The second-order valence-corrected chi connectivity index (χ2v) is 11.9. The van der Waals surface area contributed by atoms with Crippen LogP contribution in [0.2, 0.25) is 0 Å². The first-order valence-electron chi connectivity index (χ1n) is 13.8. The molecule has 0 aliphatic heterocycles. The number of aliphatic hydroxyl groups excluding tert-OH is 1. The van der Waals surface area contributed by atoms with Crippen molar-refractivity contribution in [1.29, 1.82) is 0 Å². The summed E-state index contributed by atoms with van der Waals surface area (Å²) in [5.41, 5.74) is -1.99. The van der Waals surface area contributed by atoms with E-state index in [1.165, 1.54) is 14.2 Å². The summed E-state index contributed by atoms with van der Waals surface area (Å²) in [5.74, 6) is -1.72. The number of hydrogen-bond acceptors (Lipinski definition) is 9. The van der Waals surface area contributed by atoms with Gasteiger partial charge in [-0.15, -0.1) is 0 Å². The number of fused-ring (bicyclic) bond motifs is 5. The number of allylic oxidation sites excluding steroid dienone is 4. The van der Waals surface area contributed by atoms with Crippen LogP contribution in [0.25, 0.3) is 0 Å². The highest BCUT2D eigenvalue weighted by molar-refractivity contribution is 6.01. The molecule has 4 rings (SSSR count). The molecule has 10 nitrogen and oxygen atoms in total. The molecule has 0 unspecified atom stereocenters. The van der Waals surface area contributed by atoms with Gasteiger partial charge in [0.15, 0.2) is 18.7 Å². The number of rotatable bonds is 10. The summed E-state index contributed by atoms with van der Waals surface area (Å²) in [4.78, 5) is 49.6. The third kappa shape index (κ3) is 5.24. The first-order chi connectivity index (χ1) is 18.4. The number of methoxy groups -OCH3 is 2. The van der Waals surface area contributed by atoms with Gasteiger partial charge in [-0.3, -0.25) is 19.2 Å². The molecule has 3 fully saturated rings. The number of esters is 1. The van der Waals surface area contributed by atoms with Gasteiger partial charge >= 0.3 is 5.97 Å². The van der Waals surface area contributed by atoms with Crippen LogP contribution in [0.3, 0.4) is 0 Å². The zero-order valence-corrected chi connectivity index (χ0v) is 23.2. The third-order valence-corrected chi connectivity index (χ3v) is 10.0. The number of carbonyl (C=O) groups is 4. The molecular weight excluding hydrogens is 506 g/mol. The highest BCUT2D eigenvalue weighted by atomic mass is 16.7. The number of amides is 1. The lowest BCUT2D eigenvalue weighted by atomic mass is 9.46. The SMILES string of the molecule is COC(CNC(=O)CCC(=O)OCC(=O)[C@@]1(O)CC[C@@H]2[C@@H]3CCC4=CC(=O)C=C[C@]4(C)[C@@H]3[C@@H](O)C[C@@]21C)OC. The van der Waals surface area contributed by atoms with Crippen molar-refractivity contribution in [2.24, 2.45) is 28.6 Å². The predicted molar refractivity (Wildman–Crippen MR) is 139 cm³/mol. The molecule has 0 bridgehead atoms. The van der Waals surface area contributed by atoms with Crippen molar-refractivity contribution in [3.05, 3.63) is 23.8 Å². The molecule has 0 heterocycles. The number of carbonyl (C=O) groups excluding carboxylic acids is 4. The van der Waals surface area contributed by atoms with Crippen molar-refractivity contribution >= 4 is 23.4 Å². The average molecular weight is 548 g/mol. The van der Waals surface area contributed by atoms with Crippen molar-refractivity contribution in [2.45, 2.75) is 76.8 Å². The number of aliphatic hydroxyl groups is 2. The standard InChI is InChI=1S/C29H41NO9/c1-27-11-9-18(31)13-17(27)5-6-19-20-10-12-29(36,28(20,2)14-21(32)26(19)27)22(33)16-39-24(35)8-7-23(34)30-15-25(37-3)38-4/h9,11,13,19-21,25-26,32,36H,5-8,10,12,14-16H2,1-4H3,(H,30,34)/t19-,20+,21-,26-,27-,28-,29-/m0/s1. The van der Waals surface area contributed by atoms with E-state index in [1.807, 2.05) is 13.0 Å². The van der Waals surface area contributed by atoms with Crippen LogP contribution in [0.5, 0.6) is 0 Å². The Balaban J connectivity index is 1.37. The molecule has 0 saturated heterocycles. The van der Waals surface area contributed by atoms with Gasteiger partial charge < -0.3 is 29.7 Å². The fourth-order valence-electron chi connectivity index (χ4n) is 7.89. The molecule has 0 spiro atoms. The highest BCUT2D eigenvalue weighted by Gasteiger charge is 2.68. The van der Waals surface area contributed by atoms with Gasteiger partial charge in [-0.25, -0.2) is 0 Å². The van der Waals surface area contributed by atoms with Crippen molar-refractivity contribution in [1.82, 2.24) is 5.32 Å². The van der Waals surface area contributed by atoms with Crippen LogP contribution in [0.15, 0.2) is 23.8 Å². The van der Waals surface area contributed by atoms with Crippen LogP contribution < -0.4 is 5.32 Å². The number of Topliss-reactive ketones (excluding diaryl/α,β-unsaturated/α-hetero) is 1. The minimum atomic E-state index is -1.73. The Hall–Kier alpha value is -2.40. The summed E-state index contributed by atoms with van der Waals surface area (Å²) in [6, 6.07) is 0. The Bertz CT molecular complexity index is 1060. The Kier molecular flexibility index (Phi) is 8.52. The van der Waals surface area contributed by atoms with E-state index in [0.29, 0.717) is 6.42 Å². The lowest BCUT2D eigenvalue weighted by Gasteiger charge is -2.59. The number of ketones is 2. The molecule has 7 atom stereocenters. The molecule has 39 heavy (non-hydrogen) atoms. The van der Waals surface area contributed by atoms with E-state index in [9.17, 15) is 29.4 Å². The van der Waals surface area contributed by atoms with Crippen LogP contribution in [0.1, 0.15) is 58.8 Å². The summed E-state index contributed by atoms with van der Waals surface area (Å²) in [6.07, 6.45) is 6.12. The Morgan fingerprint density at radius 2 is 1.87 bits per heavy atom. The van der Waals surface area contributed by atoms with E-state index < -0.39 is 47.2 Å². The Morgan fingerprint density at radius 1 is 1.15 bits per heavy atom. The fraction of sp³-hybridized carbons (Fsp3) is 0.724. The molecule has 10 heteroatoms. The topological polar surface area (TPSA) is 148 Å². The average Bonchev–Trinajstić information content (AvgIpc) is 3.17. The van der Waals surface area contributed by atoms with Crippen molar-refractivity contribution in [3.63, 3.8) is 0 Å². The number of hydrogen-bond donors (Lipinski definition) is 3. The molecule has 4 aliphatic rings. The van der Waals surface area contributed by atoms with Gasteiger partial charge in [0.1, 0.15) is 5.60 Å². The normalized spacial score (nSPS) is 37.0. The van der Waals surface area contributed by atoms with Gasteiger partial charge in [0.25, 0.3) is 0 Å². The summed E-state index contributed by atoms with van der Waals surface area (Å²) < 4.78 is 15.1. The summed E-state index contributed by atoms with van der Waals surface area (Å²) in [5, 5.41) is 25.8. The van der Waals surface area contributed by atoms with Crippen LogP contribution >= 0.6 is 0 Å². The second kappa shape index (κ2) is 11.2. The van der Waals surface area contributed by atoms with Gasteiger partial charge in [0.2, 0.25) is 11.7 Å². The van der Waals surface area contributed by atoms with Crippen molar-refractivity contribution in [2.75, 3.05) is 27.4 Å². The minimum Gasteiger partial charge on any atom is -0.458 e. The van der Waals surface area contributed by atoms with E-state index in [1.54, 1.807) is 12.2 Å². The van der Waals surface area contributed by atoms with Crippen LogP contribution in [0, 0.1) is 28.6 Å². The first kappa shape index (κ1) is 29.6. The molecule has 4 aliphatic carbocycles. The molecule has 216 valence electrons. The minimum absolute atomic E-state index is 0.00618. The predicted octanol–water partition coefficient (Wildman–Crippen LogP) is 1.62. The van der Waals surface area contributed by atoms with Gasteiger partial charge in [0, 0.05) is 37.4 Å². The maximum absolute atomic E-state index is 13.3. The maximum Gasteiger partial charge on any atom is 0.306 e. The van der Waals surface area contributed by atoms with Gasteiger partial charge in [0.05, 0.1) is 19.1 Å². The molecule has 0 radical (unpaired) electrons. The van der Waals surface area contributed by atoms with E-state index in [4.69, 9.17) is 14.2 Å². The van der Waals surface area contributed by atoms with Gasteiger partial charge in [-0.1, -0.05) is 25.5 Å².